The summed E-state index contributed by atoms with van der Waals surface area (Å²) in [5, 5.41) is -0.116. The smallest absolute Gasteiger partial charge is 0.150 e. The molecule has 14 heavy (non-hydrogen) atoms. The van der Waals surface area contributed by atoms with Crippen LogP contribution in [-0.2, 0) is 14.6 Å². The van der Waals surface area contributed by atoms with Crippen LogP contribution in [0.4, 0.5) is 0 Å². The van der Waals surface area contributed by atoms with Crippen molar-refractivity contribution < 1.29 is 13.2 Å². The van der Waals surface area contributed by atoms with Crippen LogP contribution in [0.3, 0.4) is 0 Å². The molecule has 0 spiro atoms. The Morgan fingerprint density at radius 2 is 2.14 bits per heavy atom. The van der Waals surface area contributed by atoms with Crippen LogP contribution < -0.4 is 0 Å². The van der Waals surface area contributed by atoms with Crippen molar-refractivity contribution in [1.29, 1.82) is 0 Å². The minimum absolute atomic E-state index is 0.0787. The van der Waals surface area contributed by atoms with Crippen LogP contribution >= 0.6 is 11.6 Å². The molecule has 0 bridgehead atoms. The zero-order valence-corrected chi connectivity index (χ0v) is 9.56. The molecule has 0 aliphatic carbocycles. The largest absolute Gasteiger partial charge is 0.377 e. The highest BCUT2D eigenvalue weighted by molar-refractivity contribution is 7.91. The Kier molecular flexibility index (Phi) is 3.05. The molecule has 2 fully saturated rings. The number of hydrogen-bond donors (Lipinski definition) is 0. The second kappa shape index (κ2) is 3.99. The zero-order valence-electron chi connectivity index (χ0n) is 7.99. The van der Waals surface area contributed by atoms with Gasteiger partial charge < -0.3 is 4.74 Å². The van der Waals surface area contributed by atoms with Crippen LogP contribution in [0.1, 0.15) is 19.3 Å². The third kappa shape index (κ3) is 2.23. The Balaban J connectivity index is 1.95. The molecule has 0 aromatic heterocycles. The van der Waals surface area contributed by atoms with Crippen molar-refractivity contribution >= 4 is 21.4 Å². The summed E-state index contributed by atoms with van der Waals surface area (Å²) in [5.41, 5.74) is 0. The second-order valence-electron chi connectivity index (χ2n) is 4.16. The molecule has 5 heteroatoms. The van der Waals surface area contributed by atoms with Crippen molar-refractivity contribution in [1.82, 2.24) is 0 Å². The van der Waals surface area contributed by atoms with Crippen LogP contribution in [0.2, 0.25) is 0 Å². The summed E-state index contributed by atoms with van der Waals surface area (Å²) in [7, 11) is -2.81. The summed E-state index contributed by atoms with van der Waals surface area (Å²) in [6.07, 6.45) is 2.81. The van der Waals surface area contributed by atoms with Gasteiger partial charge in [-0.2, -0.15) is 0 Å². The number of rotatable bonds is 2. The normalized spacial score (nSPS) is 38.6. The monoisotopic (exact) mass is 238 g/mol. The Bertz CT molecular complexity index is 295. The van der Waals surface area contributed by atoms with Gasteiger partial charge in [-0.05, 0) is 25.2 Å². The fourth-order valence-corrected chi connectivity index (χ4v) is 4.61. The van der Waals surface area contributed by atoms with Crippen molar-refractivity contribution in [2.45, 2.75) is 30.7 Å². The van der Waals surface area contributed by atoms with E-state index < -0.39 is 9.84 Å². The van der Waals surface area contributed by atoms with E-state index >= 15 is 0 Å². The molecule has 3 unspecified atom stereocenters. The molecule has 2 aliphatic rings. The highest BCUT2D eigenvalue weighted by Crippen LogP contribution is 2.31. The van der Waals surface area contributed by atoms with Gasteiger partial charge >= 0.3 is 0 Å². The van der Waals surface area contributed by atoms with E-state index in [-0.39, 0.29) is 23.2 Å². The molecular formula is C9H15ClO3S. The first kappa shape index (κ1) is 10.7. The van der Waals surface area contributed by atoms with Gasteiger partial charge in [0.15, 0.2) is 9.84 Å². The molecule has 82 valence electrons. The lowest BCUT2D eigenvalue weighted by Gasteiger charge is -2.21. The van der Waals surface area contributed by atoms with Crippen molar-refractivity contribution in [3.05, 3.63) is 0 Å². The van der Waals surface area contributed by atoms with Gasteiger partial charge in [-0.1, -0.05) is 0 Å². The van der Waals surface area contributed by atoms with E-state index in [0.717, 1.165) is 19.4 Å². The zero-order chi connectivity index (χ0) is 10.2. The minimum Gasteiger partial charge on any atom is -0.377 e. The molecule has 2 heterocycles. The fraction of sp³-hybridized carbons (Fsp3) is 1.00. The van der Waals surface area contributed by atoms with Crippen LogP contribution in [0.5, 0.6) is 0 Å². The topological polar surface area (TPSA) is 43.4 Å². The lowest BCUT2D eigenvalue weighted by atomic mass is 9.99. The summed E-state index contributed by atoms with van der Waals surface area (Å²) >= 11 is 6.23. The predicted octanol–water partition coefficient (Wildman–Crippen LogP) is 1.21. The van der Waals surface area contributed by atoms with E-state index in [1.165, 1.54) is 0 Å². The average molecular weight is 239 g/mol. The Hall–Kier alpha value is 0.200. The molecule has 2 rings (SSSR count). The van der Waals surface area contributed by atoms with E-state index in [9.17, 15) is 8.42 Å². The molecule has 0 N–H and O–H groups in total. The first-order chi connectivity index (χ1) is 6.58. The second-order valence-corrected chi connectivity index (χ2v) is 6.89. The Morgan fingerprint density at radius 3 is 2.64 bits per heavy atom. The van der Waals surface area contributed by atoms with E-state index in [4.69, 9.17) is 16.3 Å². The van der Waals surface area contributed by atoms with Crippen LogP contribution in [0.25, 0.3) is 0 Å². The van der Waals surface area contributed by atoms with Gasteiger partial charge in [-0.25, -0.2) is 8.42 Å². The lowest BCUT2D eigenvalue weighted by molar-refractivity contribution is 0.0960. The lowest BCUT2D eigenvalue weighted by Crippen LogP contribution is -2.29. The number of ether oxygens (including phenoxy) is 1. The predicted molar refractivity (Wildman–Crippen MR) is 55.4 cm³/mol. The number of halogens is 1. The van der Waals surface area contributed by atoms with Gasteiger partial charge in [-0.3, -0.25) is 0 Å². The molecule has 0 aromatic rings. The quantitative estimate of drug-likeness (QED) is 0.680. The molecule has 0 radical (unpaired) electrons. The first-order valence-corrected chi connectivity index (χ1v) is 7.30. The number of hydrogen-bond acceptors (Lipinski definition) is 3. The highest BCUT2D eigenvalue weighted by atomic mass is 35.5. The average Bonchev–Trinajstić information content (AvgIpc) is 2.72. The van der Waals surface area contributed by atoms with E-state index in [1.807, 2.05) is 0 Å². The Morgan fingerprint density at radius 1 is 1.36 bits per heavy atom. The summed E-state index contributed by atoms with van der Waals surface area (Å²) < 4.78 is 28.0. The third-order valence-corrected chi connectivity index (χ3v) is 5.47. The van der Waals surface area contributed by atoms with E-state index in [1.54, 1.807) is 0 Å². The maximum absolute atomic E-state index is 11.3. The van der Waals surface area contributed by atoms with Gasteiger partial charge in [0.2, 0.25) is 0 Å². The minimum atomic E-state index is -2.81. The Labute approximate surface area is 89.7 Å². The highest BCUT2D eigenvalue weighted by Gasteiger charge is 2.37. The van der Waals surface area contributed by atoms with Gasteiger partial charge in [0.1, 0.15) is 0 Å². The summed E-state index contributed by atoms with van der Waals surface area (Å²) in [6, 6.07) is 0. The number of sulfone groups is 1. The maximum atomic E-state index is 11.3. The SMILES string of the molecule is O=S1(=O)CCC(C(Cl)C2CCCO2)C1. The molecule has 2 saturated heterocycles. The molecule has 3 atom stereocenters. The van der Waals surface area contributed by atoms with Gasteiger partial charge in [0.05, 0.1) is 23.0 Å². The molecule has 0 amide bonds. The van der Waals surface area contributed by atoms with Crippen LogP contribution in [0, 0.1) is 5.92 Å². The summed E-state index contributed by atoms with van der Waals surface area (Å²) in [6.45, 7) is 0.771. The number of alkyl halides is 1. The molecule has 3 nitrogen and oxygen atoms in total. The summed E-state index contributed by atoms with van der Waals surface area (Å²) in [5.74, 6) is 0.652. The summed E-state index contributed by atoms with van der Waals surface area (Å²) in [4.78, 5) is 0. The van der Waals surface area contributed by atoms with Crippen LogP contribution in [0.15, 0.2) is 0 Å². The van der Waals surface area contributed by atoms with E-state index in [2.05, 4.69) is 0 Å². The van der Waals surface area contributed by atoms with Crippen molar-refractivity contribution in [2.75, 3.05) is 18.1 Å². The molecule has 0 aromatic carbocycles. The third-order valence-electron chi connectivity index (χ3n) is 3.04. The maximum Gasteiger partial charge on any atom is 0.150 e. The fourth-order valence-electron chi connectivity index (χ4n) is 2.23. The molecule has 2 aliphatic heterocycles. The molecular weight excluding hydrogens is 224 g/mol. The van der Waals surface area contributed by atoms with Gasteiger partial charge in [-0.15, -0.1) is 11.6 Å². The van der Waals surface area contributed by atoms with Gasteiger partial charge in [0, 0.05) is 6.61 Å². The van der Waals surface area contributed by atoms with Gasteiger partial charge in [0.25, 0.3) is 0 Å². The van der Waals surface area contributed by atoms with Crippen molar-refractivity contribution in [3.8, 4) is 0 Å². The molecule has 0 saturated carbocycles. The van der Waals surface area contributed by atoms with Crippen LogP contribution in [-0.4, -0.2) is 38.0 Å². The van der Waals surface area contributed by atoms with Crippen molar-refractivity contribution in [2.24, 2.45) is 5.92 Å². The standard InChI is InChI=1S/C9H15ClO3S/c10-9(8-2-1-4-13-8)7-3-5-14(11,12)6-7/h7-9H,1-6H2. The first-order valence-electron chi connectivity index (χ1n) is 5.04. The van der Waals surface area contributed by atoms with Crippen molar-refractivity contribution in [3.63, 3.8) is 0 Å². The van der Waals surface area contributed by atoms with E-state index in [0.29, 0.717) is 12.2 Å².